The number of alkyl halides is 1. The fraction of sp³-hybridized carbons (Fsp3) is 1.00. The van der Waals surface area contributed by atoms with E-state index in [0.717, 1.165) is 38.9 Å². The highest BCUT2D eigenvalue weighted by atomic mass is 127. The molecule has 5 heteroatoms. The molecule has 0 aromatic heterocycles. The summed E-state index contributed by atoms with van der Waals surface area (Å²) in [5.74, 6) is 0. The number of ether oxygens (including phenoxy) is 2. The zero-order valence-electron chi connectivity index (χ0n) is 14.9. The van der Waals surface area contributed by atoms with Crippen molar-refractivity contribution in [3.8, 4) is 0 Å². The minimum Gasteiger partial charge on any atom is -0.377 e. The van der Waals surface area contributed by atoms with E-state index < -0.39 is 16.2 Å². The van der Waals surface area contributed by atoms with E-state index in [1.807, 2.05) is 0 Å². The molecule has 0 heterocycles. The van der Waals surface area contributed by atoms with Gasteiger partial charge in [0.15, 0.2) is 9.76 Å². The molecule has 3 nitrogen and oxygen atoms in total. The molecule has 0 aromatic carbocycles. The van der Waals surface area contributed by atoms with Crippen molar-refractivity contribution in [2.45, 2.75) is 95.0 Å². The first-order valence-electron chi connectivity index (χ1n) is 9.23. The molecule has 0 saturated heterocycles. The lowest BCUT2D eigenvalue weighted by Crippen LogP contribution is -2.27. The van der Waals surface area contributed by atoms with E-state index >= 15 is 0 Å². The highest BCUT2D eigenvalue weighted by Crippen LogP contribution is 2.13. The first kappa shape index (κ1) is 22.8. The molecule has 0 aromatic rings. The summed E-state index contributed by atoms with van der Waals surface area (Å²) in [6, 6.07) is 0. The van der Waals surface area contributed by atoms with Crippen LogP contribution in [0.2, 0.25) is 0 Å². The third-order valence-electron chi connectivity index (χ3n) is 3.54. The molecular formula is C17H37IO3Si. The van der Waals surface area contributed by atoms with Crippen LogP contribution in [0.5, 0.6) is 0 Å². The van der Waals surface area contributed by atoms with Crippen molar-refractivity contribution >= 4 is 32.4 Å². The molecule has 1 atom stereocenters. The van der Waals surface area contributed by atoms with E-state index in [1.165, 1.54) is 38.5 Å². The Morgan fingerprint density at radius 2 is 1.32 bits per heavy atom. The topological polar surface area (TPSA) is 27.7 Å². The molecule has 0 aliphatic heterocycles. The second-order valence-electron chi connectivity index (χ2n) is 5.87. The summed E-state index contributed by atoms with van der Waals surface area (Å²) >= 11 is 2.55. The molecule has 1 unspecified atom stereocenters. The van der Waals surface area contributed by atoms with Crippen LogP contribution in [0.4, 0.5) is 0 Å². The molecule has 0 fully saturated rings. The highest BCUT2D eigenvalue weighted by molar-refractivity contribution is 14.1. The van der Waals surface area contributed by atoms with Crippen molar-refractivity contribution in [2.75, 3.05) is 13.2 Å². The van der Waals surface area contributed by atoms with Crippen LogP contribution in [0, 0.1) is 0 Å². The van der Waals surface area contributed by atoms with Crippen LogP contribution >= 0.6 is 22.6 Å². The summed E-state index contributed by atoms with van der Waals surface area (Å²) in [6.45, 7) is 7.67. The normalized spacial score (nSPS) is 13.5. The van der Waals surface area contributed by atoms with Gasteiger partial charge in [-0.2, -0.15) is 0 Å². The lowest BCUT2D eigenvalue weighted by Gasteiger charge is -2.20. The second kappa shape index (κ2) is 18.2. The smallest absolute Gasteiger partial charge is 0.261 e. The largest absolute Gasteiger partial charge is 0.377 e. The molecule has 0 rings (SSSR count). The van der Waals surface area contributed by atoms with Crippen molar-refractivity contribution in [3.05, 3.63) is 0 Å². The zero-order chi connectivity index (χ0) is 16.5. The van der Waals surface area contributed by atoms with Gasteiger partial charge in [-0.25, -0.2) is 0 Å². The fourth-order valence-corrected chi connectivity index (χ4v) is 4.10. The summed E-state index contributed by atoms with van der Waals surface area (Å²) in [7, 11) is -0.583. The summed E-state index contributed by atoms with van der Waals surface area (Å²) in [5, 5.41) is 0. The molecule has 0 saturated carbocycles. The van der Waals surface area contributed by atoms with Crippen LogP contribution in [0.15, 0.2) is 0 Å². The third-order valence-corrected chi connectivity index (χ3v) is 6.47. The first-order chi connectivity index (χ1) is 10.7. The number of hydrogen-bond donors (Lipinski definition) is 0. The van der Waals surface area contributed by atoms with Gasteiger partial charge in [0.05, 0.1) is 13.2 Å². The van der Waals surface area contributed by atoms with Crippen molar-refractivity contribution in [2.24, 2.45) is 0 Å². The second-order valence-corrected chi connectivity index (χ2v) is 10.9. The van der Waals surface area contributed by atoms with E-state index in [2.05, 4.69) is 43.4 Å². The van der Waals surface area contributed by atoms with Gasteiger partial charge in [0.2, 0.25) is 0 Å². The lowest BCUT2D eigenvalue weighted by molar-refractivity contribution is -0.248. The highest BCUT2D eigenvalue weighted by Gasteiger charge is 2.13. The van der Waals surface area contributed by atoms with Crippen molar-refractivity contribution in [3.63, 3.8) is 0 Å². The van der Waals surface area contributed by atoms with Gasteiger partial charge in [-0.05, 0) is 19.3 Å². The maximum absolute atomic E-state index is 5.96. The van der Waals surface area contributed by atoms with E-state index in [-0.39, 0.29) is 0 Å². The van der Waals surface area contributed by atoms with Gasteiger partial charge >= 0.3 is 0 Å². The molecule has 0 spiro atoms. The Balaban J connectivity index is 3.77. The molecular weight excluding hydrogens is 407 g/mol. The van der Waals surface area contributed by atoms with Gasteiger partial charge in [0, 0.05) is 3.55 Å². The molecule has 22 heavy (non-hydrogen) atoms. The van der Waals surface area contributed by atoms with Crippen LogP contribution in [0.3, 0.4) is 0 Å². The van der Waals surface area contributed by atoms with Gasteiger partial charge < -0.3 is 13.9 Å². The lowest BCUT2D eigenvalue weighted by atomic mass is 10.1. The van der Waals surface area contributed by atoms with E-state index in [4.69, 9.17) is 13.9 Å². The summed E-state index contributed by atoms with van der Waals surface area (Å²) < 4.78 is 18.1. The molecule has 134 valence electrons. The minimum absolute atomic E-state index is 0.415. The van der Waals surface area contributed by atoms with Gasteiger partial charge in [0.25, 0.3) is 6.48 Å². The standard InChI is InChI=1S/C17H37IO3Si/c1-4-7-10-11-12-13-16(18)22-21-17(19-14-8-5-2)20-15-9-6-3/h16-17H,4-15,22H2,1-3H3. The average Bonchev–Trinajstić information content (AvgIpc) is 2.52. The fourth-order valence-electron chi connectivity index (χ4n) is 2.03. The molecule has 0 radical (unpaired) electrons. The predicted octanol–water partition coefficient (Wildman–Crippen LogP) is 5.13. The van der Waals surface area contributed by atoms with Gasteiger partial charge in [-0.1, -0.05) is 88.3 Å². The number of unbranched alkanes of at least 4 members (excludes halogenated alkanes) is 6. The summed E-state index contributed by atoms with van der Waals surface area (Å²) in [6.07, 6.45) is 12.5. The molecule has 0 bridgehead atoms. The van der Waals surface area contributed by atoms with Crippen molar-refractivity contribution < 1.29 is 13.9 Å². The monoisotopic (exact) mass is 444 g/mol. The number of rotatable bonds is 17. The Labute approximate surface area is 154 Å². The van der Waals surface area contributed by atoms with Gasteiger partial charge in [-0.15, -0.1) is 0 Å². The Kier molecular flexibility index (Phi) is 18.9. The van der Waals surface area contributed by atoms with E-state index in [9.17, 15) is 0 Å². The first-order valence-corrected chi connectivity index (χ1v) is 11.9. The molecule has 0 N–H and O–H groups in total. The Morgan fingerprint density at radius 3 is 1.86 bits per heavy atom. The number of hydrogen-bond acceptors (Lipinski definition) is 3. The zero-order valence-corrected chi connectivity index (χ0v) is 18.5. The molecule has 0 aliphatic carbocycles. The molecule has 0 amide bonds. The average molecular weight is 444 g/mol. The summed E-state index contributed by atoms with van der Waals surface area (Å²) in [5.41, 5.74) is 0. The minimum atomic E-state index is -0.583. The third kappa shape index (κ3) is 15.7. The van der Waals surface area contributed by atoms with Crippen LogP contribution < -0.4 is 0 Å². The van der Waals surface area contributed by atoms with Crippen LogP contribution in [-0.4, -0.2) is 33.0 Å². The Hall–Kier alpha value is 0.827. The van der Waals surface area contributed by atoms with Crippen LogP contribution in [0.25, 0.3) is 0 Å². The Bertz CT molecular complexity index is 210. The predicted molar refractivity (Wildman–Crippen MR) is 106 cm³/mol. The van der Waals surface area contributed by atoms with E-state index in [0.29, 0.717) is 3.55 Å². The quantitative estimate of drug-likeness (QED) is 0.102. The van der Waals surface area contributed by atoms with Gasteiger partial charge in [-0.3, -0.25) is 0 Å². The van der Waals surface area contributed by atoms with E-state index in [1.54, 1.807) is 0 Å². The SMILES string of the molecule is CCCCCCCC(I)[SiH2]OC(OCCCC)OCCCC. The Morgan fingerprint density at radius 1 is 0.773 bits per heavy atom. The maximum Gasteiger partial charge on any atom is 0.261 e. The maximum atomic E-state index is 5.96. The number of halogens is 1. The van der Waals surface area contributed by atoms with Crippen molar-refractivity contribution in [1.82, 2.24) is 0 Å². The van der Waals surface area contributed by atoms with Crippen LogP contribution in [0.1, 0.15) is 85.0 Å². The van der Waals surface area contributed by atoms with Crippen LogP contribution in [-0.2, 0) is 13.9 Å². The van der Waals surface area contributed by atoms with Gasteiger partial charge in [0.1, 0.15) is 0 Å². The molecule has 0 aliphatic rings. The summed E-state index contributed by atoms with van der Waals surface area (Å²) in [4.78, 5) is 0. The van der Waals surface area contributed by atoms with Crippen molar-refractivity contribution in [1.29, 1.82) is 0 Å².